The zero-order valence-corrected chi connectivity index (χ0v) is 18.2. The average molecular weight is 484 g/mol. The zero-order valence-electron chi connectivity index (χ0n) is 16.7. The molecule has 2 rings (SSSR count). The van der Waals surface area contributed by atoms with Gasteiger partial charge in [-0.15, -0.1) is 5.10 Å². The topological polar surface area (TPSA) is 112 Å². The van der Waals surface area contributed by atoms with Gasteiger partial charge in [0.05, 0.1) is 38.5 Å². The molecule has 9 nitrogen and oxygen atoms in total. The molecule has 170 valence electrons. The molecular formula is C17H17ClF3N3O6S. The number of rotatable bonds is 6. The van der Waals surface area contributed by atoms with Crippen LogP contribution in [-0.4, -0.2) is 45.6 Å². The van der Waals surface area contributed by atoms with Crippen LogP contribution in [-0.2, 0) is 26.4 Å². The molecule has 31 heavy (non-hydrogen) atoms. The molecule has 0 N–H and O–H groups in total. The van der Waals surface area contributed by atoms with E-state index in [9.17, 15) is 27.0 Å². The number of carbonyl (C=O) groups is 2. The number of aryl methyl sites for hydroxylation is 1. The van der Waals surface area contributed by atoms with E-state index in [0.717, 1.165) is 12.3 Å². The van der Waals surface area contributed by atoms with Gasteiger partial charge in [-0.25, -0.2) is 9.69 Å². The first-order valence-corrected chi connectivity index (χ1v) is 10.5. The summed E-state index contributed by atoms with van der Waals surface area (Å²) in [6, 6.07) is 0.996. The number of benzene rings is 1. The van der Waals surface area contributed by atoms with Crippen molar-refractivity contribution < 1.29 is 40.9 Å². The van der Waals surface area contributed by atoms with Crippen molar-refractivity contribution in [2.75, 3.05) is 17.8 Å². The van der Waals surface area contributed by atoms with E-state index in [1.165, 1.54) is 20.8 Å². The second kappa shape index (κ2) is 9.64. The summed E-state index contributed by atoms with van der Waals surface area (Å²) in [5, 5.41) is 6.59. The lowest BCUT2D eigenvalue weighted by Crippen LogP contribution is -2.42. The van der Waals surface area contributed by atoms with Gasteiger partial charge in [0.2, 0.25) is 5.89 Å². The van der Waals surface area contributed by atoms with Crippen LogP contribution in [0.15, 0.2) is 21.4 Å². The van der Waals surface area contributed by atoms with Crippen molar-refractivity contribution in [2.24, 2.45) is 0 Å². The Balaban J connectivity index is 2.58. The number of anilines is 1. The zero-order chi connectivity index (χ0) is 23.5. The van der Waals surface area contributed by atoms with Crippen LogP contribution in [0, 0.1) is 6.92 Å². The van der Waals surface area contributed by atoms with Crippen LogP contribution in [0.1, 0.15) is 35.7 Å². The Morgan fingerprint density at radius 3 is 2.45 bits per heavy atom. The largest absolute Gasteiger partial charge is 0.510 e. The van der Waals surface area contributed by atoms with Crippen molar-refractivity contribution in [1.82, 2.24) is 10.2 Å². The monoisotopic (exact) mass is 483 g/mol. The number of aromatic nitrogens is 2. The number of hydrogen-bond donors (Lipinski definition) is 0. The molecule has 0 radical (unpaired) electrons. The molecule has 0 saturated carbocycles. The molecule has 0 fully saturated rings. The normalized spacial score (nSPS) is 13.4. The van der Waals surface area contributed by atoms with Gasteiger partial charge in [0.25, 0.3) is 5.91 Å². The minimum absolute atomic E-state index is 0.00439. The second-order valence-electron chi connectivity index (χ2n) is 5.93. The van der Waals surface area contributed by atoms with Gasteiger partial charge in [0.1, 0.15) is 0 Å². The summed E-state index contributed by atoms with van der Waals surface area (Å²) in [6.07, 6.45) is -6.34. The van der Waals surface area contributed by atoms with Crippen LogP contribution in [0.25, 0.3) is 0 Å². The Labute approximate surface area is 181 Å². The molecule has 0 spiro atoms. The first-order chi connectivity index (χ1) is 14.4. The third-order valence-corrected chi connectivity index (χ3v) is 5.26. The van der Waals surface area contributed by atoms with E-state index >= 15 is 0 Å². The second-order valence-corrected chi connectivity index (χ2v) is 7.63. The van der Waals surface area contributed by atoms with Gasteiger partial charge >= 0.3 is 18.3 Å². The number of ether oxygens (including phenoxy) is 2. The molecule has 2 aromatic rings. The summed E-state index contributed by atoms with van der Waals surface area (Å²) in [7, 11) is -2.18. The summed E-state index contributed by atoms with van der Waals surface area (Å²) in [6.45, 7) is 4.23. The molecule has 0 bridgehead atoms. The van der Waals surface area contributed by atoms with E-state index in [1.807, 2.05) is 0 Å². The Kier molecular flexibility index (Phi) is 7.65. The number of amides is 1. The summed E-state index contributed by atoms with van der Waals surface area (Å²) in [4.78, 5) is 24.8. The molecule has 0 aliphatic heterocycles. The van der Waals surface area contributed by atoms with Crippen LogP contribution in [0.2, 0.25) is 5.02 Å². The fourth-order valence-electron chi connectivity index (χ4n) is 2.49. The predicted octanol–water partition coefficient (Wildman–Crippen LogP) is 3.95. The SMILES string of the molecule is CCOC(=O)OC(C)N(C(=O)c1ccc(C(F)(F)F)c(S(C)=O)c1Cl)c1nnc(C)o1. The van der Waals surface area contributed by atoms with Crippen LogP contribution in [0.3, 0.4) is 0 Å². The maximum absolute atomic E-state index is 13.3. The highest BCUT2D eigenvalue weighted by atomic mass is 35.5. The fourth-order valence-corrected chi connectivity index (χ4v) is 3.92. The quantitative estimate of drug-likeness (QED) is 0.448. The first kappa shape index (κ1) is 24.6. The first-order valence-electron chi connectivity index (χ1n) is 8.58. The minimum Gasteiger partial charge on any atom is -0.435 e. The molecule has 2 unspecified atom stereocenters. The number of alkyl halides is 3. The van der Waals surface area contributed by atoms with Gasteiger partial charge in [0.15, 0.2) is 6.23 Å². The van der Waals surface area contributed by atoms with Crippen molar-refractivity contribution in [3.63, 3.8) is 0 Å². The molecule has 1 heterocycles. The highest BCUT2D eigenvalue weighted by Crippen LogP contribution is 2.39. The van der Waals surface area contributed by atoms with Crippen molar-refractivity contribution in [3.05, 3.63) is 34.2 Å². The molecule has 1 aromatic carbocycles. The summed E-state index contributed by atoms with van der Waals surface area (Å²) in [5.74, 6) is -0.976. The summed E-state index contributed by atoms with van der Waals surface area (Å²) >= 11 is 6.07. The Hall–Kier alpha value is -2.67. The Bertz CT molecular complexity index is 1010. The Morgan fingerprint density at radius 2 is 1.97 bits per heavy atom. The van der Waals surface area contributed by atoms with Crippen LogP contribution in [0.5, 0.6) is 0 Å². The number of halogens is 4. The lowest BCUT2D eigenvalue weighted by atomic mass is 10.1. The molecular weight excluding hydrogens is 467 g/mol. The number of nitrogens with zero attached hydrogens (tertiary/aromatic N) is 3. The van der Waals surface area contributed by atoms with Gasteiger partial charge in [0, 0.05) is 13.2 Å². The van der Waals surface area contributed by atoms with E-state index in [1.54, 1.807) is 0 Å². The summed E-state index contributed by atoms with van der Waals surface area (Å²) < 4.78 is 66.7. The van der Waals surface area contributed by atoms with E-state index in [0.29, 0.717) is 11.0 Å². The standard InChI is InChI=1S/C17H17ClF3N3O6S/c1-5-28-16(26)30-9(3)24(15-23-22-8(2)29-15)14(25)10-6-7-11(17(19,20)21)13(12(10)18)31(4)27/h6-7,9H,5H2,1-4H3. The maximum atomic E-state index is 13.3. The predicted molar refractivity (Wildman–Crippen MR) is 102 cm³/mol. The van der Waals surface area contributed by atoms with Crippen LogP contribution in [0.4, 0.5) is 24.0 Å². The van der Waals surface area contributed by atoms with E-state index in [2.05, 4.69) is 14.9 Å². The third kappa shape index (κ3) is 5.53. The lowest BCUT2D eigenvalue weighted by molar-refractivity contribution is -0.139. The van der Waals surface area contributed by atoms with Crippen LogP contribution < -0.4 is 4.90 Å². The molecule has 2 atom stereocenters. The van der Waals surface area contributed by atoms with Gasteiger partial charge < -0.3 is 13.9 Å². The third-order valence-electron chi connectivity index (χ3n) is 3.75. The van der Waals surface area contributed by atoms with Gasteiger partial charge in [-0.05, 0) is 26.0 Å². The molecule has 14 heteroatoms. The van der Waals surface area contributed by atoms with Crippen molar-refractivity contribution in [2.45, 2.75) is 38.1 Å². The van der Waals surface area contributed by atoms with Gasteiger partial charge in [-0.1, -0.05) is 16.7 Å². The highest BCUT2D eigenvalue weighted by molar-refractivity contribution is 7.84. The maximum Gasteiger partial charge on any atom is 0.510 e. The number of carbonyl (C=O) groups excluding carboxylic acids is 2. The van der Waals surface area contributed by atoms with Gasteiger partial charge in [-0.3, -0.25) is 9.00 Å². The fraction of sp³-hybridized carbons (Fsp3) is 0.412. The van der Waals surface area contributed by atoms with Crippen molar-refractivity contribution >= 4 is 40.5 Å². The molecule has 0 saturated heterocycles. The van der Waals surface area contributed by atoms with Crippen LogP contribution >= 0.6 is 11.6 Å². The average Bonchev–Trinajstić information content (AvgIpc) is 3.06. The number of hydrogen-bond acceptors (Lipinski definition) is 8. The van der Waals surface area contributed by atoms with E-state index < -0.39 is 62.3 Å². The highest BCUT2D eigenvalue weighted by Gasteiger charge is 2.38. The lowest BCUT2D eigenvalue weighted by Gasteiger charge is -2.25. The van der Waals surface area contributed by atoms with E-state index in [-0.39, 0.29) is 12.5 Å². The molecule has 1 aromatic heterocycles. The van der Waals surface area contributed by atoms with E-state index in [4.69, 9.17) is 20.8 Å². The van der Waals surface area contributed by atoms with Gasteiger partial charge in [-0.2, -0.15) is 13.2 Å². The minimum atomic E-state index is -4.85. The molecule has 1 amide bonds. The molecule has 0 aliphatic rings. The van der Waals surface area contributed by atoms with Crippen molar-refractivity contribution in [3.8, 4) is 0 Å². The van der Waals surface area contributed by atoms with Crippen molar-refractivity contribution in [1.29, 1.82) is 0 Å². The Morgan fingerprint density at radius 1 is 1.32 bits per heavy atom. The summed E-state index contributed by atoms with van der Waals surface area (Å²) in [5.41, 5.74) is -1.69. The smallest absolute Gasteiger partial charge is 0.435 e. The molecule has 0 aliphatic carbocycles.